The Hall–Kier alpha value is -3.77. The lowest BCUT2D eigenvalue weighted by molar-refractivity contribution is -0.169. The molecule has 0 bridgehead atoms. The van der Waals surface area contributed by atoms with E-state index >= 15 is 0 Å². The van der Waals surface area contributed by atoms with Gasteiger partial charge in [0.05, 0.1) is 17.2 Å². The van der Waals surface area contributed by atoms with Gasteiger partial charge in [0.25, 0.3) is 17.4 Å². The predicted octanol–water partition coefficient (Wildman–Crippen LogP) is 0.637. The van der Waals surface area contributed by atoms with Crippen LogP contribution < -0.4 is 11.2 Å². The Kier molecular flexibility index (Phi) is 6.59. The number of carbonyl (C=O) groups excluding carboxylic acids is 4. The van der Waals surface area contributed by atoms with Crippen molar-refractivity contribution in [3.63, 3.8) is 0 Å². The number of carbonyl (C=O) groups is 4. The third kappa shape index (κ3) is 4.62. The van der Waals surface area contributed by atoms with Gasteiger partial charge in [-0.1, -0.05) is 23.7 Å². The molecule has 0 aliphatic carbocycles. The van der Waals surface area contributed by atoms with Gasteiger partial charge in [0.2, 0.25) is 0 Å². The summed E-state index contributed by atoms with van der Waals surface area (Å²) in [6.07, 6.45) is -2.53. The van der Waals surface area contributed by atoms with Crippen molar-refractivity contribution in [1.82, 2.24) is 14.5 Å². The molecule has 2 aliphatic heterocycles. The first kappa shape index (κ1) is 24.4. The summed E-state index contributed by atoms with van der Waals surface area (Å²) >= 11 is 5.88. The van der Waals surface area contributed by atoms with Gasteiger partial charge in [0.15, 0.2) is 6.10 Å². The molecule has 13 heteroatoms. The molecule has 2 aromatic rings. The number of aromatic amines is 1. The van der Waals surface area contributed by atoms with Gasteiger partial charge in [-0.25, -0.2) is 4.79 Å². The van der Waals surface area contributed by atoms with Crippen LogP contribution in [0.2, 0.25) is 5.02 Å². The first-order chi connectivity index (χ1) is 16.6. The summed E-state index contributed by atoms with van der Waals surface area (Å²) in [5.74, 6) is -2.56. The number of amides is 2. The van der Waals surface area contributed by atoms with E-state index in [-0.39, 0.29) is 22.6 Å². The number of fused-ring (bicyclic) bond motifs is 1. The van der Waals surface area contributed by atoms with E-state index in [0.717, 1.165) is 29.5 Å². The molecule has 4 atom stereocenters. The van der Waals surface area contributed by atoms with Gasteiger partial charge in [0.1, 0.15) is 24.0 Å². The Morgan fingerprint density at radius 1 is 1.11 bits per heavy atom. The maximum absolute atomic E-state index is 13.2. The monoisotopic (exact) mass is 505 g/mol. The van der Waals surface area contributed by atoms with Crippen molar-refractivity contribution < 1.29 is 33.4 Å². The number of ether oxygens (including phenoxy) is 3. The number of nitrogens with one attached hydrogen (secondary N) is 1. The van der Waals surface area contributed by atoms with Crippen molar-refractivity contribution in [2.45, 2.75) is 44.7 Å². The molecule has 1 fully saturated rings. The lowest BCUT2D eigenvalue weighted by Crippen LogP contribution is -2.51. The largest absolute Gasteiger partial charge is 0.462 e. The molecule has 1 saturated heterocycles. The zero-order valence-corrected chi connectivity index (χ0v) is 19.3. The summed E-state index contributed by atoms with van der Waals surface area (Å²) in [5, 5.41) is -0.287. The first-order valence-corrected chi connectivity index (χ1v) is 10.9. The molecular formula is C22H20ClN3O9. The van der Waals surface area contributed by atoms with Crippen molar-refractivity contribution in [3.05, 3.63) is 67.4 Å². The molecular weight excluding hydrogens is 486 g/mol. The normalized spacial score (nSPS) is 22.1. The van der Waals surface area contributed by atoms with E-state index in [2.05, 4.69) is 4.98 Å². The molecule has 3 heterocycles. The second-order valence-electron chi connectivity index (χ2n) is 7.98. The number of benzene rings is 1. The molecule has 2 aliphatic rings. The summed E-state index contributed by atoms with van der Waals surface area (Å²) in [4.78, 5) is 76.8. The summed E-state index contributed by atoms with van der Waals surface area (Å²) < 4.78 is 17.4. The van der Waals surface area contributed by atoms with Crippen LogP contribution in [0.3, 0.4) is 0 Å². The molecule has 35 heavy (non-hydrogen) atoms. The van der Waals surface area contributed by atoms with Crippen LogP contribution >= 0.6 is 11.6 Å². The fourth-order valence-corrected chi connectivity index (χ4v) is 4.38. The highest BCUT2D eigenvalue weighted by Crippen LogP contribution is 2.38. The minimum atomic E-state index is -1.22. The van der Waals surface area contributed by atoms with E-state index in [1.165, 1.54) is 12.1 Å². The predicted molar refractivity (Wildman–Crippen MR) is 118 cm³/mol. The van der Waals surface area contributed by atoms with Crippen LogP contribution in [0.25, 0.3) is 0 Å². The number of imide groups is 1. The van der Waals surface area contributed by atoms with Crippen LogP contribution in [0.15, 0.2) is 40.1 Å². The third-order valence-electron chi connectivity index (χ3n) is 5.66. The second-order valence-corrected chi connectivity index (χ2v) is 8.39. The first-order valence-electron chi connectivity index (χ1n) is 10.5. The van der Waals surface area contributed by atoms with Crippen LogP contribution in [-0.4, -0.2) is 63.1 Å². The maximum Gasteiger partial charge on any atom is 0.330 e. The zero-order valence-electron chi connectivity index (χ0n) is 18.6. The summed E-state index contributed by atoms with van der Waals surface area (Å²) in [7, 11) is 0. The number of aromatic nitrogens is 2. The average Bonchev–Trinajstić information content (AvgIpc) is 3.33. The minimum Gasteiger partial charge on any atom is -0.462 e. The molecule has 0 saturated carbocycles. The van der Waals surface area contributed by atoms with Crippen molar-refractivity contribution in [2.24, 2.45) is 0 Å². The highest BCUT2D eigenvalue weighted by Gasteiger charge is 2.51. The number of hydrogen-bond donors (Lipinski definition) is 1. The topological polar surface area (TPSA) is 154 Å². The highest BCUT2D eigenvalue weighted by atomic mass is 35.5. The quantitative estimate of drug-likeness (QED) is 0.439. The number of hydrogen-bond acceptors (Lipinski definition) is 9. The van der Waals surface area contributed by atoms with Crippen molar-refractivity contribution >= 4 is 35.4 Å². The van der Waals surface area contributed by atoms with Crippen LogP contribution in [-0.2, 0) is 23.8 Å². The second kappa shape index (κ2) is 9.47. The van der Waals surface area contributed by atoms with E-state index in [1.54, 1.807) is 12.1 Å². The van der Waals surface area contributed by atoms with Gasteiger partial charge >= 0.3 is 17.6 Å². The van der Waals surface area contributed by atoms with Crippen molar-refractivity contribution in [2.75, 3.05) is 6.61 Å². The van der Waals surface area contributed by atoms with E-state index in [4.69, 9.17) is 25.8 Å². The lowest BCUT2D eigenvalue weighted by Gasteiger charge is -2.31. The standard InChI is InChI=1S/C22H20ClN3O9/c1-10(27)33-9-16(34-11(2)28)18-15(26-20(30)12-5-3-4-6-13(12)21(26)31)7-17(35-18)25-8-14(23)19(29)24-22(25)32/h3-6,8,15-18H,7,9H2,1-2H3,(H,24,29,32)/t15-,16-,17+,18+/m1/s1. The average molecular weight is 506 g/mol. The summed E-state index contributed by atoms with van der Waals surface area (Å²) in [6, 6.07) is 5.22. The third-order valence-corrected chi connectivity index (χ3v) is 5.93. The molecule has 0 spiro atoms. The van der Waals surface area contributed by atoms with Crippen LogP contribution in [0.1, 0.15) is 47.2 Å². The van der Waals surface area contributed by atoms with Gasteiger partial charge in [0, 0.05) is 26.5 Å². The van der Waals surface area contributed by atoms with Gasteiger partial charge in [-0.2, -0.15) is 0 Å². The smallest absolute Gasteiger partial charge is 0.330 e. The van der Waals surface area contributed by atoms with E-state index < -0.39 is 66.1 Å². The molecule has 184 valence electrons. The van der Waals surface area contributed by atoms with Crippen LogP contribution in [0, 0.1) is 0 Å². The number of esters is 2. The molecule has 1 N–H and O–H groups in total. The van der Waals surface area contributed by atoms with E-state index in [9.17, 15) is 28.8 Å². The van der Waals surface area contributed by atoms with E-state index in [0.29, 0.717) is 0 Å². The van der Waals surface area contributed by atoms with Crippen molar-refractivity contribution in [3.8, 4) is 0 Å². The number of halogens is 1. The minimum absolute atomic E-state index is 0.101. The zero-order chi connectivity index (χ0) is 25.4. The Morgan fingerprint density at radius 2 is 1.74 bits per heavy atom. The molecule has 1 aromatic heterocycles. The molecule has 0 unspecified atom stereocenters. The van der Waals surface area contributed by atoms with Gasteiger partial charge in [-0.3, -0.25) is 38.4 Å². The Balaban J connectivity index is 1.76. The number of H-pyrrole nitrogens is 1. The SMILES string of the molecule is CC(=O)OC[C@@H](OC(C)=O)[C@H]1O[C@H](n2cc(Cl)c(=O)[nH]c2=O)C[C@H]1N1C(=O)c2ccccc2C1=O. The molecule has 1 aromatic carbocycles. The van der Waals surface area contributed by atoms with E-state index in [1.807, 2.05) is 0 Å². The fourth-order valence-electron chi connectivity index (χ4n) is 4.23. The van der Waals surface area contributed by atoms with Gasteiger partial charge < -0.3 is 14.2 Å². The Bertz CT molecular complexity index is 1300. The van der Waals surface area contributed by atoms with Gasteiger partial charge in [-0.15, -0.1) is 0 Å². The van der Waals surface area contributed by atoms with Gasteiger partial charge in [-0.05, 0) is 12.1 Å². The Morgan fingerprint density at radius 3 is 2.31 bits per heavy atom. The maximum atomic E-state index is 13.2. The molecule has 4 rings (SSSR count). The van der Waals surface area contributed by atoms with Crippen LogP contribution in [0.5, 0.6) is 0 Å². The highest BCUT2D eigenvalue weighted by molar-refractivity contribution is 6.30. The molecule has 12 nitrogen and oxygen atoms in total. The summed E-state index contributed by atoms with van der Waals surface area (Å²) in [5.41, 5.74) is -1.26. The molecule has 2 amide bonds. The lowest BCUT2D eigenvalue weighted by atomic mass is 10.0. The molecule has 0 radical (unpaired) electrons. The summed E-state index contributed by atoms with van der Waals surface area (Å²) in [6.45, 7) is 1.87. The number of rotatable bonds is 6. The van der Waals surface area contributed by atoms with Crippen LogP contribution in [0.4, 0.5) is 0 Å². The number of nitrogens with zero attached hydrogens (tertiary/aromatic N) is 2. The van der Waals surface area contributed by atoms with Crippen molar-refractivity contribution in [1.29, 1.82) is 0 Å². The fraction of sp³-hybridized carbons (Fsp3) is 0.364. The Labute approximate surface area is 202 Å².